The van der Waals surface area contributed by atoms with Crippen LogP contribution in [0.2, 0.25) is 0 Å². The van der Waals surface area contributed by atoms with Gasteiger partial charge < -0.3 is 19.1 Å². The van der Waals surface area contributed by atoms with Crippen LogP contribution in [0, 0.1) is 0 Å². The molecular formula is C23H24N4O4. The van der Waals surface area contributed by atoms with E-state index < -0.39 is 5.97 Å². The summed E-state index contributed by atoms with van der Waals surface area (Å²) in [4.78, 5) is 25.9. The van der Waals surface area contributed by atoms with Crippen molar-refractivity contribution in [2.45, 2.75) is 13.5 Å². The van der Waals surface area contributed by atoms with Gasteiger partial charge in [-0.25, -0.2) is 14.8 Å². The van der Waals surface area contributed by atoms with E-state index in [0.717, 1.165) is 60.9 Å². The minimum atomic E-state index is -0.490. The van der Waals surface area contributed by atoms with Gasteiger partial charge >= 0.3 is 5.97 Å². The van der Waals surface area contributed by atoms with E-state index in [1.165, 1.54) is 5.56 Å². The number of para-hydroxylation sites is 1. The number of piperazine rings is 1. The molecule has 2 aliphatic heterocycles. The number of aromatic nitrogens is 2. The van der Waals surface area contributed by atoms with E-state index in [1.54, 1.807) is 6.92 Å². The van der Waals surface area contributed by atoms with Crippen molar-refractivity contribution in [2.75, 3.05) is 44.5 Å². The smallest absolute Gasteiger partial charge is 0.376 e. The lowest BCUT2D eigenvalue weighted by molar-refractivity contribution is 0.0512. The van der Waals surface area contributed by atoms with Gasteiger partial charge in [0, 0.05) is 38.1 Å². The predicted octanol–water partition coefficient (Wildman–Crippen LogP) is 2.86. The molecule has 0 aliphatic carbocycles. The van der Waals surface area contributed by atoms with E-state index >= 15 is 0 Å². The molecule has 5 rings (SSSR count). The second kappa shape index (κ2) is 8.39. The number of hydrogen-bond acceptors (Lipinski definition) is 8. The quantitative estimate of drug-likeness (QED) is 0.583. The molecule has 0 radical (unpaired) electrons. The summed E-state index contributed by atoms with van der Waals surface area (Å²) < 4.78 is 16.0. The zero-order valence-electron chi connectivity index (χ0n) is 17.4. The van der Waals surface area contributed by atoms with Crippen molar-refractivity contribution in [2.24, 2.45) is 0 Å². The first-order chi connectivity index (χ1) is 15.2. The van der Waals surface area contributed by atoms with Crippen LogP contribution in [0.5, 0.6) is 11.5 Å². The van der Waals surface area contributed by atoms with Gasteiger partial charge in [0.25, 0.3) is 0 Å². The lowest BCUT2D eigenvalue weighted by Crippen LogP contribution is -2.46. The van der Waals surface area contributed by atoms with Gasteiger partial charge in [-0.3, -0.25) is 4.90 Å². The zero-order chi connectivity index (χ0) is 21.2. The van der Waals surface area contributed by atoms with Crippen molar-refractivity contribution in [3.8, 4) is 11.5 Å². The van der Waals surface area contributed by atoms with Crippen LogP contribution in [0.1, 0.15) is 23.1 Å². The molecule has 160 valence electrons. The summed E-state index contributed by atoms with van der Waals surface area (Å²) in [6, 6.07) is 13.9. The molecule has 0 amide bonds. The van der Waals surface area contributed by atoms with E-state index in [2.05, 4.69) is 31.9 Å². The summed E-state index contributed by atoms with van der Waals surface area (Å²) in [6.07, 6.45) is 0. The van der Waals surface area contributed by atoms with Gasteiger partial charge in [0.15, 0.2) is 11.5 Å². The van der Waals surface area contributed by atoms with Crippen LogP contribution in [0.4, 0.5) is 5.82 Å². The Bertz CT molecular complexity index is 1110. The first-order valence-corrected chi connectivity index (χ1v) is 10.5. The van der Waals surface area contributed by atoms with Crippen molar-refractivity contribution >= 4 is 22.7 Å². The van der Waals surface area contributed by atoms with E-state index in [-0.39, 0.29) is 12.6 Å². The topological polar surface area (TPSA) is 77.0 Å². The Hall–Kier alpha value is -3.39. The van der Waals surface area contributed by atoms with Crippen LogP contribution < -0.4 is 14.4 Å². The van der Waals surface area contributed by atoms with Crippen molar-refractivity contribution < 1.29 is 19.0 Å². The minimum absolute atomic E-state index is 0.110. The Morgan fingerprint density at radius 2 is 1.84 bits per heavy atom. The lowest BCUT2D eigenvalue weighted by atomic mass is 10.1. The van der Waals surface area contributed by atoms with Crippen molar-refractivity contribution in [3.63, 3.8) is 0 Å². The minimum Gasteiger partial charge on any atom is -0.460 e. The van der Waals surface area contributed by atoms with Gasteiger partial charge in [0.2, 0.25) is 12.6 Å². The maximum Gasteiger partial charge on any atom is 0.376 e. The van der Waals surface area contributed by atoms with Gasteiger partial charge in [-0.05, 0) is 36.8 Å². The molecule has 0 spiro atoms. The number of anilines is 1. The molecule has 0 atom stereocenters. The second-order valence-corrected chi connectivity index (χ2v) is 7.56. The molecule has 0 saturated carbocycles. The standard InChI is InChI=1S/C23H24N4O4/c1-2-29-23(28)21-24-18-6-4-3-5-17(18)22(25-21)27-11-9-26(10-12-27)14-16-7-8-19-20(13-16)31-15-30-19/h3-8,13H,2,9-12,14-15H2,1H3. The third-order valence-corrected chi connectivity index (χ3v) is 5.56. The molecule has 1 saturated heterocycles. The van der Waals surface area contributed by atoms with E-state index in [4.69, 9.17) is 14.2 Å². The molecular weight excluding hydrogens is 396 g/mol. The number of carbonyl (C=O) groups is 1. The lowest BCUT2D eigenvalue weighted by Gasteiger charge is -2.36. The molecule has 0 unspecified atom stereocenters. The van der Waals surface area contributed by atoms with E-state index in [9.17, 15) is 4.79 Å². The highest BCUT2D eigenvalue weighted by Gasteiger charge is 2.23. The van der Waals surface area contributed by atoms with E-state index in [1.807, 2.05) is 30.3 Å². The summed E-state index contributed by atoms with van der Waals surface area (Å²) in [7, 11) is 0. The molecule has 3 heterocycles. The van der Waals surface area contributed by atoms with Gasteiger partial charge in [-0.15, -0.1) is 0 Å². The molecule has 8 nitrogen and oxygen atoms in total. The molecule has 0 bridgehead atoms. The number of esters is 1. The first-order valence-electron chi connectivity index (χ1n) is 10.5. The monoisotopic (exact) mass is 420 g/mol. The number of carbonyl (C=O) groups excluding carboxylic acids is 1. The largest absolute Gasteiger partial charge is 0.460 e. The Balaban J connectivity index is 1.32. The maximum absolute atomic E-state index is 12.3. The van der Waals surface area contributed by atoms with Crippen molar-refractivity contribution in [1.82, 2.24) is 14.9 Å². The predicted molar refractivity (Wildman–Crippen MR) is 116 cm³/mol. The molecule has 2 aromatic carbocycles. The third-order valence-electron chi connectivity index (χ3n) is 5.56. The summed E-state index contributed by atoms with van der Waals surface area (Å²) >= 11 is 0. The number of fused-ring (bicyclic) bond motifs is 2. The molecule has 1 aromatic heterocycles. The van der Waals surface area contributed by atoms with Gasteiger partial charge in [-0.1, -0.05) is 18.2 Å². The molecule has 8 heteroatoms. The van der Waals surface area contributed by atoms with Crippen LogP contribution in [-0.4, -0.2) is 60.4 Å². The van der Waals surface area contributed by atoms with Crippen LogP contribution in [0.3, 0.4) is 0 Å². The number of nitrogens with zero attached hydrogens (tertiary/aromatic N) is 4. The molecule has 1 fully saturated rings. The van der Waals surface area contributed by atoms with Gasteiger partial charge in [0.1, 0.15) is 5.82 Å². The number of benzene rings is 2. The average Bonchev–Trinajstić information content (AvgIpc) is 3.27. The van der Waals surface area contributed by atoms with Gasteiger partial charge in [-0.2, -0.15) is 0 Å². The molecule has 3 aromatic rings. The molecule has 31 heavy (non-hydrogen) atoms. The number of ether oxygens (including phenoxy) is 3. The highest BCUT2D eigenvalue weighted by molar-refractivity contribution is 5.94. The summed E-state index contributed by atoms with van der Waals surface area (Å²) in [5, 5.41) is 0.944. The summed E-state index contributed by atoms with van der Waals surface area (Å²) in [6.45, 7) is 6.62. The average molecular weight is 420 g/mol. The first kappa shape index (κ1) is 19.6. The second-order valence-electron chi connectivity index (χ2n) is 7.56. The fourth-order valence-corrected chi connectivity index (χ4v) is 4.00. The third kappa shape index (κ3) is 3.98. The fraction of sp³-hybridized carbons (Fsp3) is 0.348. The highest BCUT2D eigenvalue weighted by atomic mass is 16.7. The maximum atomic E-state index is 12.3. The molecule has 0 N–H and O–H groups in total. The Morgan fingerprint density at radius 3 is 2.68 bits per heavy atom. The Kier molecular flexibility index (Phi) is 5.30. The van der Waals surface area contributed by atoms with Crippen LogP contribution in [-0.2, 0) is 11.3 Å². The number of hydrogen-bond donors (Lipinski definition) is 0. The van der Waals surface area contributed by atoms with Gasteiger partial charge in [0.05, 0.1) is 12.1 Å². The van der Waals surface area contributed by atoms with E-state index in [0.29, 0.717) is 6.61 Å². The van der Waals surface area contributed by atoms with Crippen LogP contribution in [0.15, 0.2) is 42.5 Å². The number of rotatable bonds is 5. The Morgan fingerprint density at radius 1 is 1.03 bits per heavy atom. The normalized spacial score (nSPS) is 16.0. The summed E-state index contributed by atoms with van der Waals surface area (Å²) in [5.74, 6) is 2.03. The Labute approximate surface area is 180 Å². The fourth-order valence-electron chi connectivity index (χ4n) is 4.00. The summed E-state index contributed by atoms with van der Waals surface area (Å²) in [5.41, 5.74) is 1.95. The van der Waals surface area contributed by atoms with Crippen molar-refractivity contribution in [1.29, 1.82) is 0 Å². The van der Waals surface area contributed by atoms with Crippen molar-refractivity contribution in [3.05, 3.63) is 53.9 Å². The SMILES string of the molecule is CCOC(=O)c1nc(N2CCN(Cc3ccc4c(c3)OCO4)CC2)c2ccccc2n1. The molecule has 2 aliphatic rings. The zero-order valence-corrected chi connectivity index (χ0v) is 17.4. The highest BCUT2D eigenvalue weighted by Crippen LogP contribution is 2.33. The van der Waals surface area contributed by atoms with Crippen LogP contribution >= 0.6 is 0 Å². The van der Waals surface area contributed by atoms with Crippen LogP contribution in [0.25, 0.3) is 10.9 Å².